The Bertz CT molecular complexity index is 1250. The fraction of sp³-hybridized carbons (Fsp3) is 0.387. The molecule has 0 fully saturated rings. The second-order valence-electron chi connectivity index (χ2n) is 10.2. The first-order valence-corrected chi connectivity index (χ1v) is 13.5. The Labute approximate surface area is 231 Å². The van der Waals surface area contributed by atoms with E-state index in [2.05, 4.69) is 5.32 Å². The SMILES string of the molecule is CN(C)C(=O)[C@H](CCCCN)NC(=O)[C@@H](Cc1ccccc1)N(C)C(=O)[C@H](N)Cc1ccc2ccccc2c1. The summed E-state index contributed by atoms with van der Waals surface area (Å²) < 4.78 is 0. The molecule has 0 bridgehead atoms. The number of nitrogens with two attached hydrogens (primary N) is 2. The van der Waals surface area contributed by atoms with E-state index in [-0.39, 0.29) is 17.7 Å². The van der Waals surface area contributed by atoms with Crippen molar-refractivity contribution in [3.05, 3.63) is 83.9 Å². The minimum atomic E-state index is -0.838. The van der Waals surface area contributed by atoms with Gasteiger partial charge in [0.25, 0.3) is 0 Å². The smallest absolute Gasteiger partial charge is 0.244 e. The van der Waals surface area contributed by atoms with Crippen LogP contribution in [0.25, 0.3) is 10.8 Å². The highest BCUT2D eigenvalue weighted by atomic mass is 16.2. The van der Waals surface area contributed by atoms with Crippen molar-refractivity contribution < 1.29 is 14.4 Å². The van der Waals surface area contributed by atoms with Gasteiger partial charge in [-0.2, -0.15) is 0 Å². The van der Waals surface area contributed by atoms with E-state index >= 15 is 0 Å². The Kier molecular flexibility index (Phi) is 11.0. The Morgan fingerprint density at radius 2 is 1.46 bits per heavy atom. The molecule has 0 aliphatic heterocycles. The first-order valence-electron chi connectivity index (χ1n) is 13.5. The van der Waals surface area contributed by atoms with Gasteiger partial charge >= 0.3 is 0 Å². The molecule has 0 spiro atoms. The van der Waals surface area contributed by atoms with E-state index in [9.17, 15) is 14.4 Å². The zero-order valence-electron chi connectivity index (χ0n) is 23.2. The van der Waals surface area contributed by atoms with Gasteiger partial charge in [-0.15, -0.1) is 0 Å². The van der Waals surface area contributed by atoms with Gasteiger partial charge in [0, 0.05) is 27.6 Å². The van der Waals surface area contributed by atoms with Crippen molar-refractivity contribution in [3.63, 3.8) is 0 Å². The molecule has 3 aromatic rings. The second kappa shape index (κ2) is 14.4. The van der Waals surface area contributed by atoms with Gasteiger partial charge in [-0.3, -0.25) is 14.4 Å². The van der Waals surface area contributed by atoms with Gasteiger partial charge in [-0.05, 0) is 54.1 Å². The third kappa shape index (κ3) is 8.37. The Balaban J connectivity index is 1.79. The number of rotatable bonds is 13. The van der Waals surface area contributed by atoms with Crippen LogP contribution in [0.15, 0.2) is 72.8 Å². The lowest BCUT2D eigenvalue weighted by molar-refractivity contribution is -0.141. The molecular weight excluding hydrogens is 490 g/mol. The molecule has 39 heavy (non-hydrogen) atoms. The highest BCUT2D eigenvalue weighted by molar-refractivity contribution is 5.93. The molecule has 3 amide bonds. The molecule has 0 saturated carbocycles. The zero-order chi connectivity index (χ0) is 28.4. The number of benzene rings is 3. The number of likely N-dealkylation sites (N-methyl/N-ethyl adjacent to an activating group) is 2. The largest absolute Gasteiger partial charge is 0.347 e. The molecule has 0 aliphatic carbocycles. The second-order valence-corrected chi connectivity index (χ2v) is 10.2. The zero-order valence-corrected chi connectivity index (χ0v) is 23.2. The third-order valence-electron chi connectivity index (χ3n) is 6.98. The van der Waals surface area contributed by atoms with Crippen molar-refractivity contribution in [2.24, 2.45) is 11.5 Å². The number of unbranched alkanes of at least 4 members (excludes halogenated alkanes) is 1. The van der Waals surface area contributed by atoms with Crippen LogP contribution in [0, 0.1) is 0 Å². The van der Waals surface area contributed by atoms with Crippen molar-refractivity contribution in [1.82, 2.24) is 15.1 Å². The molecule has 0 heterocycles. The molecule has 0 unspecified atom stereocenters. The molecule has 0 aliphatic rings. The summed E-state index contributed by atoms with van der Waals surface area (Å²) in [6, 6.07) is 21.2. The minimum Gasteiger partial charge on any atom is -0.347 e. The molecule has 0 aromatic heterocycles. The average molecular weight is 532 g/mol. The molecule has 208 valence electrons. The summed E-state index contributed by atoms with van der Waals surface area (Å²) in [5.41, 5.74) is 13.9. The standard InChI is InChI=1S/C31H41N5O3/c1-35(2)31(39)27(15-9-10-18-32)34-29(37)28(21-22-11-5-4-6-12-22)36(3)30(38)26(33)20-23-16-17-24-13-7-8-14-25(24)19-23/h4-8,11-14,16-17,19,26-28H,9-10,15,18,20-21,32-33H2,1-3H3,(H,34,37)/t26-,27+,28-/m1/s1. The Morgan fingerprint density at radius 1 is 0.795 bits per heavy atom. The predicted octanol–water partition coefficient (Wildman–Crippen LogP) is 2.48. The highest BCUT2D eigenvalue weighted by Gasteiger charge is 2.33. The van der Waals surface area contributed by atoms with Crippen LogP contribution in [-0.4, -0.2) is 73.3 Å². The van der Waals surface area contributed by atoms with Gasteiger partial charge < -0.3 is 26.6 Å². The van der Waals surface area contributed by atoms with Crippen LogP contribution in [-0.2, 0) is 27.2 Å². The maximum atomic E-state index is 13.6. The topological polar surface area (TPSA) is 122 Å². The van der Waals surface area contributed by atoms with Crippen molar-refractivity contribution in [1.29, 1.82) is 0 Å². The van der Waals surface area contributed by atoms with Crippen molar-refractivity contribution in [3.8, 4) is 0 Å². The van der Waals surface area contributed by atoms with Crippen LogP contribution in [0.5, 0.6) is 0 Å². The molecule has 3 rings (SSSR count). The fourth-order valence-electron chi connectivity index (χ4n) is 4.69. The minimum absolute atomic E-state index is 0.194. The number of amides is 3. The van der Waals surface area contributed by atoms with Crippen molar-refractivity contribution in [2.75, 3.05) is 27.7 Å². The molecule has 3 atom stereocenters. The van der Waals surface area contributed by atoms with Gasteiger partial charge in [0.05, 0.1) is 6.04 Å². The van der Waals surface area contributed by atoms with Crippen LogP contribution >= 0.6 is 0 Å². The highest BCUT2D eigenvalue weighted by Crippen LogP contribution is 2.18. The molecule has 8 nitrogen and oxygen atoms in total. The van der Waals surface area contributed by atoms with Crippen molar-refractivity contribution in [2.45, 2.75) is 50.2 Å². The van der Waals surface area contributed by atoms with Crippen LogP contribution in [0.4, 0.5) is 0 Å². The number of hydrogen-bond acceptors (Lipinski definition) is 5. The molecule has 0 saturated heterocycles. The van der Waals surface area contributed by atoms with Gasteiger partial charge in [0.1, 0.15) is 12.1 Å². The van der Waals surface area contributed by atoms with Crippen LogP contribution in [0.3, 0.4) is 0 Å². The number of fused-ring (bicyclic) bond motifs is 1. The van der Waals surface area contributed by atoms with E-state index in [1.807, 2.05) is 72.8 Å². The first-order chi connectivity index (χ1) is 18.7. The molecule has 5 N–H and O–H groups in total. The summed E-state index contributed by atoms with van der Waals surface area (Å²) in [5, 5.41) is 5.11. The van der Waals surface area contributed by atoms with E-state index in [4.69, 9.17) is 11.5 Å². The van der Waals surface area contributed by atoms with Crippen molar-refractivity contribution >= 4 is 28.5 Å². The number of carbonyl (C=O) groups is 3. The fourth-order valence-corrected chi connectivity index (χ4v) is 4.69. The van der Waals surface area contributed by atoms with E-state index in [1.165, 1.54) is 9.80 Å². The number of carbonyl (C=O) groups excluding carboxylic acids is 3. The van der Waals surface area contributed by atoms with E-state index in [1.54, 1.807) is 21.1 Å². The normalized spacial score (nSPS) is 13.4. The molecular formula is C31H41N5O3. The third-order valence-corrected chi connectivity index (χ3v) is 6.98. The Hall–Kier alpha value is -3.75. The van der Waals surface area contributed by atoms with E-state index < -0.39 is 18.1 Å². The summed E-state index contributed by atoms with van der Waals surface area (Å²) in [7, 11) is 4.92. The molecule has 3 aromatic carbocycles. The lowest BCUT2D eigenvalue weighted by atomic mass is 9.99. The summed E-state index contributed by atoms with van der Waals surface area (Å²) in [6.07, 6.45) is 2.56. The number of hydrogen-bond donors (Lipinski definition) is 3. The number of nitrogens with zero attached hydrogens (tertiary/aromatic N) is 2. The molecule has 8 heteroatoms. The van der Waals surface area contributed by atoms with Crippen LogP contribution < -0.4 is 16.8 Å². The molecule has 0 radical (unpaired) electrons. The lowest BCUT2D eigenvalue weighted by Crippen LogP contribution is -2.57. The van der Waals surface area contributed by atoms with Crippen LogP contribution in [0.1, 0.15) is 30.4 Å². The van der Waals surface area contributed by atoms with Gasteiger partial charge in [0.15, 0.2) is 0 Å². The van der Waals surface area contributed by atoms with E-state index in [0.29, 0.717) is 32.2 Å². The summed E-state index contributed by atoms with van der Waals surface area (Å²) >= 11 is 0. The average Bonchev–Trinajstić information content (AvgIpc) is 2.94. The van der Waals surface area contributed by atoms with Gasteiger partial charge in [-0.25, -0.2) is 0 Å². The number of nitrogens with one attached hydrogen (secondary N) is 1. The van der Waals surface area contributed by atoms with E-state index in [0.717, 1.165) is 28.3 Å². The lowest BCUT2D eigenvalue weighted by Gasteiger charge is -2.31. The Morgan fingerprint density at radius 3 is 2.13 bits per heavy atom. The summed E-state index contributed by atoms with van der Waals surface area (Å²) in [5.74, 6) is -0.917. The quantitative estimate of drug-likeness (QED) is 0.293. The maximum Gasteiger partial charge on any atom is 0.244 e. The van der Waals surface area contributed by atoms with Gasteiger partial charge in [-0.1, -0.05) is 72.8 Å². The summed E-state index contributed by atoms with van der Waals surface area (Å²) in [4.78, 5) is 42.9. The summed E-state index contributed by atoms with van der Waals surface area (Å²) in [6.45, 7) is 0.514. The first kappa shape index (κ1) is 29.8. The monoisotopic (exact) mass is 531 g/mol. The van der Waals surface area contributed by atoms with Crippen LogP contribution in [0.2, 0.25) is 0 Å². The van der Waals surface area contributed by atoms with Gasteiger partial charge in [0.2, 0.25) is 17.7 Å². The predicted molar refractivity (Wildman–Crippen MR) is 156 cm³/mol. The maximum absolute atomic E-state index is 13.6.